The van der Waals surface area contributed by atoms with Crippen LogP contribution in [-0.4, -0.2) is 35.1 Å². The van der Waals surface area contributed by atoms with E-state index in [4.69, 9.17) is 0 Å². The van der Waals surface area contributed by atoms with Crippen LogP contribution in [0.5, 0.6) is 0 Å². The first kappa shape index (κ1) is 13.5. The van der Waals surface area contributed by atoms with Gasteiger partial charge in [0.1, 0.15) is 12.2 Å². The van der Waals surface area contributed by atoms with Crippen LogP contribution in [0.1, 0.15) is 29.4 Å². The van der Waals surface area contributed by atoms with E-state index >= 15 is 0 Å². The number of rotatable bonds is 3. The van der Waals surface area contributed by atoms with Crippen LogP contribution in [0.15, 0.2) is 16.7 Å². The van der Waals surface area contributed by atoms with Gasteiger partial charge in [-0.3, -0.25) is 4.79 Å². The van der Waals surface area contributed by atoms with Crippen LogP contribution in [0, 0.1) is 0 Å². The highest BCUT2D eigenvalue weighted by Crippen LogP contribution is 2.37. The van der Waals surface area contributed by atoms with Crippen LogP contribution >= 0.6 is 15.9 Å². The summed E-state index contributed by atoms with van der Waals surface area (Å²) in [5.41, 5.74) is 0.302. The summed E-state index contributed by atoms with van der Waals surface area (Å²) in [5, 5.41) is 0. The molecular weight excluding hydrogens is 313 g/mol. The smallest absolute Gasteiger partial charge is 0.339 e. The van der Waals surface area contributed by atoms with Crippen molar-refractivity contribution < 1.29 is 18.0 Å². The minimum atomic E-state index is -4.38. The van der Waals surface area contributed by atoms with E-state index in [0.717, 1.165) is 19.9 Å². The zero-order valence-electron chi connectivity index (χ0n) is 9.67. The van der Waals surface area contributed by atoms with E-state index in [1.807, 2.05) is 0 Å². The van der Waals surface area contributed by atoms with Crippen molar-refractivity contribution in [2.45, 2.75) is 25.1 Å². The summed E-state index contributed by atoms with van der Waals surface area (Å²) < 4.78 is 39.2. The van der Waals surface area contributed by atoms with E-state index in [2.05, 4.69) is 15.9 Å². The minimum absolute atomic E-state index is 0.245. The standard InChI is InChI=1S/C11H12BrF3N2O/c1-16(6-11(13,14)15)10(18)9-4-7(12)5-17(9)8-2-3-8/h4-5,8H,2-3,6H2,1H3. The molecule has 18 heavy (non-hydrogen) atoms. The number of nitrogens with zero attached hydrogens (tertiary/aromatic N) is 2. The maximum atomic E-state index is 12.2. The number of hydrogen-bond donors (Lipinski definition) is 0. The van der Waals surface area contributed by atoms with Crippen molar-refractivity contribution in [2.75, 3.05) is 13.6 Å². The molecule has 1 aliphatic rings. The number of halogens is 4. The molecule has 0 saturated heterocycles. The molecule has 0 N–H and O–H groups in total. The Balaban J connectivity index is 2.17. The lowest BCUT2D eigenvalue weighted by molar-refractivity contribution is -0.138. The molecule has 1 aliphatic carbocycles. The third kappa shape index (κ3) is 3.07. The summed E-state index contributed by atoms with van der Waals surface area (Å²) in [6.45, 7) is -1.24. The quantitative estimate of drug-likeness (QED) is 0.838. The highest BCUT2D eigenvalue weighted by atomic mass is 79.9. The molecule has 0 aromatic carbocycles. The normalized spacial score (nSPS) is 15.8. The summed E-state index contributed by atoms with van der Waals surface area (Å²) in [6.07, 6.45) is -0.709. The average molecular weight is 325 g/mol. The molecule has 3 nitrogen and oxygen atoms in total. The van der Waals surface area contributed by atoms with Gasteiger partial charge in [-0.2, -0.15) is 13.2 Å². The molecule has 0 unspecified atom stereocenters. The molecule has 1 aromatic rings. The van der Waals surface area contributed by atoms with Crippen LogP contribution in [-0.2, 0) is 0 Å². The van der Waals surface area contributed by atoms with Gasteiger partial charge in [-0.15, -0.1) is 0 Å². The second kappa shape index (κ2) is 4.60. The van der Waals surface area contributed by atoms with Gasteiger partial charge in [-0.25, -0.2) is 0 Å². The topological polar surface area (TPSA) is 25.2 Å². The maximum absolute atomic E-state index is 12.2. The van der Waals surface area contributed by atoms with E-state index in [-0.39, 0.29) is 6.04 Å². The first-order chi connectivity index (χ1) is 8.28. The number of hydrogen-bond acceptors (Lipinski definition) is 1. The van der Waals surface area contributed by atoms with Gasteiger partial charge in [-0.05, 0) is 34.8 Å². The highest BCUT2D eigenvalue weighted by molar-refractivity contribution is 9.10. The molecule has 1 saturated carbocycles. The summed E-state index contributed by atoms with van der Waals surface area (Å²) in [6, 6.07) is 1.81. The fraction of sp³-hybridized carbons (Fsp3) is 0.545. The van der Waals surface area contributed by atoms with Gasteiger partial charge < -0.3 is 9.47 Å². The highest BCUT2D eigenvalue weighted by Gasteiger charge is 2.34. The molecule has 100 valence electrons. The van der Waals surface area contributed by atoms with E-state index in [1.54, 1.807) is 16.8 Å². The van der Waals surface area contributed by atoms with Crippen molar-refractivity contribution in [1.29, 1.82) is 0 Å². The summed E-state index contributed by atoms with van der Waals surface area (Å²) in [7, 11) is 1.16. The molecule has 1 heterocycles. The van der Waals surface area contributed by atoms with E-state index in [9.17, 15) is 18.0 Å². The van der Waals surface area contributed by atoms with Gasteiger partial charge in [0.2, 0.25) is 0 Å². The third-order valence-corrected chi connectivity index (χ3v) is 3.17. The fourth-order valence-corrected chi connectivity index (χ4v) is 2.25. The van der Waals surface area contributed by atoms with Crippen molar-refractivity contribution in [3.63, 3.8) is 0 Å². The van der Waals surface area contributed by atoms with E-state index in [0.29, 0.717) is 15.1 Å². The van der Waals surface area contributed by atoms with Crippen molar-refractivity contribution in [1.82, 2.24) is 9.47 Å². The fourth-order valence-electron chi connectivity index (χ4n) is 1.81. The molecular formula is C11H12BrF3N2O. The van der Waals surface area contributed by atoms with Crippen molar-refractivity contribution in [3.8, 4) is 0 Å². The Kier molecular flexibility index (Phi) is 3.44. The first-order valence-electron chi connectivity index (χ1n) is 5.47. The molecule has 1 fully saturated rings. The van der Waals surface area contributed by atoms with Gasteiger partial charge >= 0.3 is 6.18 Å². The molecule has 0 atom stereocenters. The van der Waals surface area contributed by atoms with Gasteiger partial charge in [0.15, 0.2) is 0 Å². The van der Waals surface area contributed by atoms with Crippen LogP contribution in [0.25, 0.3) is 0 Å². The van der Waals surface area contributed by atoms with Crippen LogP contribution in [0.4, 0.5) is 13.2 Å². The molecule has 0 bridgehead atoms. The molecule has 7 heteroatoms. The number of carbonyl (C=O) groups is 1. The van der Waals surface area contributed by atoms with Gasteiger partial charge in [0.25, 0.3) is 5.91 Å². The largest absolute Gasteiger partial charge is 0.406 e. The summed E-state index contributed by atoms with van der Waals surface area (Å²) in [5.74, 6) is -0.607. The average Bonchev–Trinajstić information content (AvgIpc) is 2.98. The number of aromatic nitrogens is 1. The predicted octanol–water partition coefficient (Wildman–Crippen LogP) is 3.22. The van der Waals surface area contributed by atoms with Gasteiger partial charge in [0.05, 0.1) is 0 Å². The van der Waals surface area contributed by atoms with Crippen LogP contribution in [0.2, 0.25) is 0 Å². The van der Waals surface area contributed by atoms with Crippen molar-refractivity contribution in [3.05, 3.63) is 22.4 Å². The predicted molar refractivity (Wildman–Crippen MR) is 63.4 cm³/mol. The van der Waals surface area contributed by atoms with Gasteiger partial charge in [0, 0.05) is 23.8 Å². The maximum Gasteiger partial charge on any atom is 0.406 e. The Bertz CT molecular complexity index is 465. The Morgan fingerprint density at radius 1 is 1.56 bits per heavy atom. The van der Waals surface area contributed by atoms with E-state index in [1.165, 1.54) is 0 Å². The lowest BCUT2D eigenvalue weighted by Gasteiger charge is -2.19. The molecule has 0 spiro atoms. The first-order valence-corrected chi connectivity index (χ1v) is 6.27. The summed E-state index contributed by atoms with van der Waals surface area (Å²) in [4.78, 5) is 12.7. The summed E-state index contributed by atoms with van der Waals surface area (Å²) >= 11 is 3.24. The van der Waals surface area contributed by atoms with Gasteiger partial charge in [-0.1, -0.05) is 0 Å². The number of alkyl halides is 3. The minimum Gasteiger partial charge on any atom is -0.339 e. The third-order valence-electron chi connectivity index (χ3n) is 2.74. The molecule has 0 aliphatic heterocycles. The number of amides is 1. The zero-order chi connectivity index (χ0) is 13.5. The Morgan fingerprint density at radius 3 is 2.67 bits per heavy atom. The Morgan fingerprint density at radius 2 is 2.17 bits per heavy atom. The Labute approximate surface area is 111 Å². The number of carbonyl (C=O) groups excluding carboxylic acids is 1. The van der Waals surface area contributed by atoms with Crippen LogP contribution < -0.4 is 0 Å². The molecule has 1 aromatic heterocycles. The van der Waals surface area contributed by atoms with E-state index < -0.39 is 18.6 Å². The van der Waals surface area contributed by atoms with Crippen LogP contribution in [0.3, 0.4) is 0 Å². The monoisotopic (exact) mass is 324 g/mol. The van der Waals surface area contributed by atoms with Crippen molar-refractivity contribution >= 4 is 21.8 Å². The zero-order valence-corrected chi connectivity index (χ0v) is 11.3. The lowest BCUT2D eigenvalue weighted by Crippen LogP contribution is -2.36. The Hall–Kier alpha value is -0.980. The second-order valence-electron chi connectivity index (χ2n) is 4.46. The SMILES string of the molecule is CN(CC(F)(F)F)C(=O)c1cc(Br)cn1C1CC1. The van der Waals surface area contributed by atoms with Crippen molar-refractivity contribution in [2.24, 2.45) is 0 Å². The molecule has 0 radical (unpaired) electrons. The lowest BCUT2D eigenvalue weighted by atomic mass is 10.3. The second-order valence-corrected chi connectivity index (χ2v) is 5.37. The molecule has 2 rings (SSSR count). The molecule has 1 amide bonds.